The number of anilines is 2. The predicted molar refractivity (Wildman–Crippen MR) is 55.3 cm³/mol. The topological polar surface area (TPSA) is 83.8 Å². The van der Waals surface area contributed by atoms with Crippen LogP contribution in [-0.2, 0) is 0 Å². The Morgan fingerprint density at radius 2 is 2.50 bits per heavy atom. The summed E-state index contributed by atoms with van der Waals surface area (Å²) in [4.78, 5) is 12.1. The lowest BCUT2D eigenvalue weighted by atomic mass is 10.4. The maximum atomic E-state index is 11.5. The van der Waals surface area contributed by atoms with Crippen LogP contribution in [0.3, 0.4) is 0 Å². The minimum atomic E-state index is -0.173. The highest BCUT2D eigenvalue weighted by molar-refractivity contribution is 7.12. The molecule has 2 rings (SSSR count). The van der Waals surface area contributed by atoms with Gasteiger partial charge in [-0.25, -0.2) is 0 Å². The summed E-state index contributed by atoms with van der Waals surface area (Å²) in [5, 5.41) is 10.7. The van der Waals surface area contributed by atoms with Crippen LogP contribution < -0.4 is 11.1 Å². The molecule has 1 amide bonds. The first-order valence-corrected chi connectivity index (χ1v) is 4.78. The lowest BCUT2D eigenvalue weighted by Crippen LogP contribution is -2.09. The van der Waals surface area contributed by atoms with Crippen LogP contribution in [0, 0.1) is 0 Å². The van der Waals surface area contributed by atoms with Crippen molar-refractivity contribution in [1.82, 2.24) is 10.2 Å². The van der Waals surface area contributed by atoms with Crippen molar-refractivity contribution in [3.05, 3.63) is 28.7 Å². The largest absolute Gasteiger partial charge is 0.398 e. The van der Waals surface area contributed by atoms with Crippen molar-refractivity contribution in [2.24, 2.45) is 0 Å². The number of aromatic nitrogens is 2. The molecule has 0 bridgehead atoms. The summed E-state index contributed by atoms with van der Waals surface area (Å²) in [6, 6.07) is 1.64. The van der Waals surface area contributed by atoms with Crippen LogP contribution in [0.1, 0.15) is 9.67 Å². The second-order valence-corrected chi connectivity index (χ2v) is 3.60. The molecule has 0 atom stereocenters. The highest BCUT2D eigenvalue weighted by Crippen LogP contribution is 2.17. The number of thiophene rings is 1. The Labute approximate surface area is 83.9 Å². The second kappa shape index (κ2) is 3.51. The van der Waals surface area contributed by atoms with E-state index in [4.69, 9.17) is 5.73 Å². The van der Waals surface area contributed by atoms with Crippen LogP contribution in [0.2, 0.25) is 0 Å². The number of carbonyl (C=O) groups is 1. The number of H-pyrrole nitrogens is 1. The Hall–Kier alpha value is -1.82. The molecular formula is C8H8N4OS. The monoisotopic (exact) mass is 208 g/mol. The summed E-state index contributed by atoms with van der Waals surface area (Å²) < 4.78 is 0. The lowest BCUT2D eigenvalue weighted by Gasteiger charge is -1.97. The number of nitrogens with two attached hydrogens (primary N) is 1. The first-order valence-electron chi connectivity index (χ1n) is 3.90. The van der Waals surface area contributed by atoms with Gasteiger partial charge in [-0.1, -0.05) is 0 Å². The fourth-order valence-corrected chi connectivity index (χ4v) is 1.68. The van der Waals surface area contributed by atoms with E-state index in [-0.39, 0.29) is 5.91 Å². The van der Waals surface area contributed by atoms with Crippen molar-refractivity contribution < 1.29 is 4.79 Å². The molecule has 0 aliphatic carbocycles. The van der Waals surface area contributed by atoms with Crippen LogP contribution in [0.4, 0.5) is 11.4 Å². The minimum absolute atomic E-state index is 0.173. The number of nitrogens with zero attached hydrogens (tertiary/aromatic N) is 1. The number of amides is 1. The third kappa shape index (κ3) is 1.74. The van der Waals surface area contributed by atoms with Gasteiger partial charge < -0.3 is 11.1 Å². The van der Waals surface area contributed by atoms with Gasteiger partial charge in [-0.3, -0.25) is 9.89 Å². The van der Waals surface area contributed by atoms with Gasteiger partial charge in [0, 0.05) is 17.3 Å². The fraction of sp³-hybridized carbons (Fsp3) is 0. The van der Waals surface area contributed by atoms with E-state index in [1.165, 1.54) is 17.5 Å². The van der Waals surface area contributed by atoms with E-state index in [9.17, 15) is 4.79 Å². The molecule has 6 heteroatoms. The number of nitrogens with one attached hydrogen (secondary N) is 2. The number of rotatable bonds is 2. The van der Waals surface area contributed by atoms with Crippen molar-refractivity contribution >= 4 is 28.6 Å². The minimum Gasteiger partial charge on any atom is -0.398 e. The Morgan fingerprint density at radius 1 is 1.64 bits per heavy atom. The first kappa shape index (κ1) is 8.76. The summed E-state index contributed by atoms with van der Waals surface area (Å²) in [5.74, 6) is -0.173. The molecule has 4 N–H and O–H groups in total. The van der Waals surface area contributed by atoms with E-state index >= 15 is 0 Å². The van der Waals surface area contributed by atoms with Crippen molar-refractivity contribution in [2.45, 2.75) is 0 Å². The zero-order valence-electron chi connectivity index (χ0n) is 7.15. The van der Waals surface area contributed by atoms with Crippen molar-refractivity contribution in [2.75, 3.05) is 11.1 Å². The van der Waals surface area contributed by atoms with Crippen molar-refractivity contribution in [3.63, 3.8) is 0 Å². The number of aromatic amines is 1. The molecule has 0 saturated carbocycles. The quantitative estimate of drug-likeness (QED) is 0.695. The van der Waals surface area contributed by atoms with Crippen LogP contribution in [0.15, 0.2) is 23.8 Å². The van der Waals surface area contributed by atoms with E-state index in [1.807, 2.05) is 0 Å². The van der Waals surface area contributed by atoms with Gasteiger partial charge in [-0.15, -0.1) is 11.3 Å². The van der Waals surface area contributed by atoms with E-state index in [0.29, 0.717) is 16.3 Å². The van der Waals surface area contributed by atoms with Crippen molar-refractivity contribution in [3.8, 4) is 0 Å². The molecule has 14 heavy (non-hydrogen) atoms. The lowest BCUT2D eigenvalue weighted by molar-refractivity contribution is 0.103. The van der Waals surface area contributed by atoms with Gasteiger partial charge in [-0.05, 0) is 6.07 Å². The maximum absolute atomic E-state index is 11.5. The summed E-state index contributed by atoms with van der Waals surface area (Å²) in [7, 11) is 0. The number of hydrogen-bond acceptors (Lipinski definition) is 4. The average molecular weight is 208 g/mol. The molecule has 0 saturated heterocycles. The van der Waals surface area contributed by atoms with E-state index in [1.54, 1.807) is 17.6 Å². The number of hydrogen-bond donors (Lipinski definition) is 3. The molecule has 0 radical (unpaired) electrons. The molecule has 0 unspecified atom stereocenters. The van der Waals surface area contributed by atoms with Gasteiger partial charge in [0.25, 0.3) is 5.91 Å². The number of nitrogen functional groups attached to an aromatic ring is 1. The summed E-state index contributed by atoms with van der Waals surface area (Å²) in [5.41, 5.74) is 6.75. The van der Waals surface area contributed by atoms with Gasteiger partial charge in [-0.2, -0.15) is 5.10 Å². The molecule has 2 heterocycles. The molecule has 2 aromatic rings. The highest BCUT2D eigenvalue weighted by Gasteiger charge is 2.08. The zero-order valence-corrected chi connectivity index (χ0v) is 7.97. The summed E-state index contributed by atoms with van der Waals surface area (Å²) in [6.07, 6.45) is 3.14. The van der Waals surface area contributed by atoms with Gasteiger partial charge in [0.2, 0.25) is 0 Å². The molecule has 72 valence electrons. The van der Waals surface area contributed by atoms with Crippen LogP contribution >= 0.6 is 11.3 Å². The highest BCUT2D eigenvalue weighted by atomic mass is 32.1. The maximum Gasteiger partial charge on any atom is 0.265 e. The molecule has 0 spiro atoms. The first-order chi connectivity index (χ1) is 6.75. The summed E-state index contributed by atoms with van der Waals surface area (Å²) in [6.45, 7) is 0. The van der Waals surface area contributed by atoms with Gasteiger partial charge in [0.1, 0.15) is 0 Å². The third-order valence-electron chi connectivity index (χ3n) is 1.60. The van der Waals surface area contributed by atoms with Gasteiger partial charge >= 0.3 is 0 Å². The molecule has 0 fully saturated rings. The van der Waals surface area contributed by atoms with E-state index in [2.05, 4.69) is 15.5 Å². The van der Waals surface area contributed by atoms with Crippen LogP contribution in [0.25, 0.3) is 0 Å². The molecule has 0 aliphatic heterocycles. The Bertz CT molecular complexity index is 434. The molecule has 2 aromatic heterocycles. The van der Waals surface area contributed by atoms with Crippen LogP contribution in [-0.4, -0.2) is 16.1 Å². The van der Waals surface area contributed by atoms with E-state index in [0.717, 1.165) is 0 Å². The molecular weight excluding hydrogens is 200 g/mol. The van der Waals surface area contributed by atoms with Gasteiger partial charge in [0.05, 0.1) is 16.8 Å². The fourth-order valence-electron chi connectivity index (χ4n) is 0.982. The Balaban J connectivity index is 2.10. The normalized spacial score (nSPS) is 10.0. The average Bonchev–Trinajstić information content (AvgIpc) is 2.75. The van der Waals surface area contributed by atoms with Crippen LogP contribution in [0.5, 0.6) is 0 Å². The smallest absolute Gasteiger partial charge is 0.265 e. The SMILES string of the molecule is Nc1csc(C(=O)Nc2cn[nH]c2)c1. The molecule has 5 nitrogen and oxygen atoms in total. The Kier molecular flexibility index (Phi) is 2.19. The second-order valence-electron chi connectivity index (χ2n) is 2.69. The zero-order chi connectivity index (χ0) is 9.97. The molecule has 0 aromatic carbocycles. The number of carbonyl (C=O) groups excluding carboxylic acids is 1. The summed E-state index contributed by atoms with van der Waals surface area (Å²) >= 11 is 1.31. The Morgan fingerprint density at radius 3 is 3.07 bits per heavy atom. The van der Waals surface area contributed by atoms with Crippen molar-refractivity contribution in [1.29, 1.82) is 0 Å². The predicted octanol–water partition coefficient (Wildman–Crippen LogP) is 1.31. The standard InChI is InChI=1S/C8H8N4OS/c9-5-1-7(14-4-5)8(13)12-6-2-10-11-3-6/h1-4H,9H2,(H,10,11)(H,12,13). The van der Waals surface area contributed by atoms with Gasteiger partial charge in [0.15, 0.2) is 0 Å². The van der Waals surface area contributed by atoms with E-state index < -0.39 is 0 Å². The molecule has 0 aliphatic rings. The third-order valence-corrected chi connectivity index (χ3v) is 2.55.